The van der Waals surface area contributed by atoms with Gasteiger partial charge in [-0.25, -0.2) is 4.79 Å². The molecule has 0 aliphatic heterocycles. The average Bonchev–Trinajstić information content (AvgIpc) is 2.26. The summed E-state index contributed by atoms with van der Waals surface area (Å²) in [5, 5.41) is 8.83. The van der Waals surface area contributed by atoms with Gasteiger partial charge in [-0.2, -0.15) is 0 Å². The third-order valence-electron chi connectivity index (χ3n) is 2.29. The van der Waals surface area contributed by atoms with Crippen molar-refractivity contribution in [2.24, 2.45) is 0 Å². The molecule has 3 N–H and O–H groups in total. The molecule has 0 amide bonds. The van der Waals surface area contributed by atoms with Gasteiger partial charge in [-0.1, -0.05) is 13.3 Å². The lowest BCUT2D eigenvalue weighted by atomic mass is 10.1. The van der Waals surface area contributed by atoms with Gasteiger partial charge in [0.05, 0.1) is 12.2 Å². The zero-order chi connectivity index (χ0) is 12.0. The topological polar surface area (TPSA) is 72.5 Å². The molecule has 0 unspecified atom stereocenters. The first-order chi connectivity index (χ1) is 7.65. The first-order valence-electron chi connectivity index (χ1n) is 5.34. The van der Waals surface area contributed by atoms with Crippen molar-refractivity contribution in [3.8, 4) is 0 Å². The number of ether oxygens (including phenoxy) is 1. The van der Waals surface area contributed by atoms with Gasteiger partial charge in [-0.05, 0) is 24.6 Å². The molecule has 88 valence electrons. The maximum atomic E-state index is 10.8. The smallest absolute Gasteiger partial charge is 0.335 e. The Morgan fingerprint density at radius 3 is 2.88 bits per heavy atom. The van der Waals surface area contributed by atoms with E-state index in [1.165, 1.54) is 6.07 Å². The summed E-state index contributed by atoms with van der Waals surface area (Å²) in [6.07, 6.45) is 2.07. The summed E-state index contributed by atoms with van der Waals surface area (Å²) in [5.41, 5.74) is 7.27. The lowest BCUT2D eigenvalue weighted by molar-refractivity contribution is 0.0696. The van der Waals surface area contributed by atoms with Crippen molar-refractivity contribution in [1.82, 2.24) is 0 Å². The van der Waals surface area contributed by atoms with Crippen molar-refractivity contribution in [1.29, 1.82) is 0 Å². The number of carboxylic acid groups (broad SMARTS) is 1. The van der Waals surface area contributed by atoms with Gasteiger partial charge < -0.3 is 15.6 Å². The van der Waals surface area contributed by atoms with E-state index in [9.17, 15) is 4.79 Å². The van der Waals surface area contributed by atoms with Gasteiger partial charge in [0.2, 0.25) is 0 Å². The number of carbonyl (C=O) groups is 1. The van der Waals surface area contributed by atoms with Crippen LogP contribution in [0.1, 0.15) is 35.7 Å². The van der Waals surface area contributed by atoms with Gasteiger partial charge >= 0.3 is 5.97 Å². The molecule has 4 nitrogen and oxygen atoms in total. The first-order valence-corrected chi connectivity index (χ1v) is 5.34. The highest BCUT2D eigenvalue weighted by atomic mass is 16.5. The number of nitrogens with two attached hydrogens (primary N) is 1. The highest BCUT2D eigenvalue weighted by Gasteiger charge is 2.06. The van der Waals surface area contributed by atoms with Gasteiger partial charge in [0.1, 0.15) is 0 Å². The Morgan fingerprint density at radius 2 is 2.25 bits per heavy atom. The van der Waals surface area contributed by atoms with Crippen LogP contribution >= 0.6 is 0 Å². The summed E-state index contributed by atoms with van der Waals surface area (Å²) >= 11 is 0. The molecule has 0 saturated heterocycles. The van der Waals surface area contributed by atoms with Crippen LogP contribution in [0, 0.1) is 0 Å². The summed E-state index contributed by atoms with van der Waals surface area (Å²) in [6.45, 7) is 3.13. The van der Waals surface area contributed by atoms with Crippen molar-refractivity contribution in [3.63, 3.8) is 0 Å². The Morgan fingerprint density at radius 1 is 1.50 bits per heavy atom. The number of anilines is 1. The predicted molar refractivity (Wildman–Crippen MR) is 62.4 cm³/mol. The molecule has 0 atom stereocenters. The summed E-state index contributed by atoms with van der Waals surface area (Å²) in [4.78, 5) is 10.8. The maximum absolute atomic E-state index is 10.8. The molecule has 0 fully saturated rings. The third kappa shape index (κ3) is 3.55. The number of aromatic carboxylic acids is 1. The normalized spacial score (nSPS) is 10.3. The van der Waals surface area contributed by atoms with Crippen LogP contribution in [0.5, 0.6) is 0 Å². The third-order valence-corrected chi connectivity index (χ3v) is 2.29. The second-order valence-electron chi connectivity index (χ2n) is 3.62. The van der Waals surface area contributed by atoms with Crippen LogP contribution in [0.15, 0.2) is 18.2 Å². The Labute approximate surface area is 95.0 Å². The first kappa shape index (κ1) is 12.5. The fourth-order valence-corrected chi connectivity index (χ4v) is 1.29. The number of rotatable bonds is 6. The number of nitrogen functional groups attached to an aromatic ring is 1. The van der Waals surface area contributed by atoms with Gasteiger partial charge in [0, 0.05) is 17.9 Å². The van der Waals surface area contributed by atoms with E-state index in [0.717, 1.165) is 18.4 Å². The Balaban J connectivity index is 2.63. The molecule has 0 aliphatic carbocycles. The number of hydrogen-bond acceptors (Lipinski definition) is 3. The fourth-order valence-electron chi connectivity index (χ4n) is 1.29. The Hall–Kier alpha value is -1.55. The van der Waals surface area contributed by atoms with Crippen LogP contribution in [0.25, 0.3) is 0 Å². The summed E-state index contributed by atoms with van der Waals surface area (Å²) in [6, 6.07) is 4.65. The highest BCUT2D eigenvalue weighted by molar-refractivity contribution is 5.88. The fraction of sp³-hybridized carbons (Fsp3) is 0.417. The standard InChI is InChI=1S/C12H17NO3/c1-2-3-6-16-8-10-7-9(12(14)15)4-5-11(10)13/h4-5,7H,2-3,6,8,13H2,1H3,(H,14,15). The second kappa shape index (κ2) is 6.12. The number of unbranched alkanes of at least 4 members (excludes halogenated alkanes) is 1. The van der Waals surface area contributed by atoms with Crippen LogP contribution in [0.2, 0.25) is 0 Å². The SMILES string of the molecule is CCCCOCc1cc(C(=O)O)ccc1N. The molecule has 0 heterocycles. The molecule has 0 aliphatic rings. The van der Waals surface area contributed by atoms with Crippen LogP contribution in [0.4, 0.5) is 5.69 Å². The lowest BCUT2D eigenvalue weighted by Crippen LogP contribution is -2.03. The molecule has 4 heteroatoms. The molecule has 0 bridgehead atoms. The minimum absolute atomic E-state index is 0.239. The molecule has 0 radical (unpaired) electrons. The lowest BCUT2D eigenvalue weighted by Gasteiger charge is -2.07. The van der Waals surface area contributed by atoms with Crippen LogP contribution in [-0.2, 0) is 11.3 Å². The van der Waals surface area contributed by atoms with E-state index in [-0.39, 0.29) is 5.56 Å². The molecule has 0 saturated carbocycles. The van der Waals surface area contributed by atoms with Gasteiger partial charge in [0.15, 0.2) is 0 Å². The number of hydrogen-bond donors (Lipinski definition) is 2. The molecular formula is C12H17NO3. The second-order valence-corrected chi connectivity index (χ2v) is 3.62. The molecule has 1 aromatic rings. The number of benzene rings is 1. The van der Waals surface area contributed by atoms with Gasteiger partial charge in [-0.3, -0.25) is 0 Å². The molecule has 0 spiro atoms. The van der Waals surface area contributed by atoms with Crippen molar-refractivity contribution in [3.05, 3.63) is 29.3 Å². The van der Waals surface area contributed by atoms with E-state index in [2.05, 4.69) is 6.92 Å². The zero-order valence-corrected chi connectivity index (χ0v) is 9.40. The molecule has 1 rings (SSSR count). The Bertz CT molecular complexity index is 363. The number of carboxylic acids is 1. The van der Waals surface area contributed by atoms with Crippen molar-refractivity contribution in [2.75, 3.05) is 12.3 Å². The summed E-state index contributed by atoms with van der Waals surface area (Å²) < 4.78 is 5.40. The molecule has 0 aromatic heterocycles. The van der Waals surface area contributed by atoms with E-state index in [0.29, 0.717) is 18.9 Å². The predicted octanol–water partition coefficient (Wildman–Crippen LogP) is 2.28. The minimum atomic E-state index is -0.949. The van der Waals surface area contributed by atoms with E-state index in [4.69, 9.17) is 15.6 Å². The molecule has 16 heavy (non-hydrogen) atoms. The van der Waals surface area contributed by atoms with Crippen molar-refractivity contribution < 1.29 is 14.6 Å². The monoisotopic (exact) mass is 223 g/mol. The zero-order valence-electron chi connectivity index (χ0n) is 9.40. The maximum Gasteiger partial charge on any atom is 0.335 e. The minimum Gasteiger partial charge on any atom is -0.478 e. The molecular weight excluding hydrogens is 206 g/mol. The van der Waals surface area contributed by atoms with Crippen molar-refractivity contribution in [2.45, 2.75) is 26.4 Å². The largest absolute Gasteiger partial charge is 0.478 e. The van der Waals surface area contributed by atoms with Gasteiger partial charge in [-0.15, -0.1) is 0 Å². The van der Waals surface area contributed by atoms with E-state index >= 15 is 0 Å². The summed E-state index contributed by atoms with van der Waals surface area (Å²) in [7, 11) is 0. The average molecular weight is 223 g/mol. The van der Waals surface area contributed by atoms with Gasteiger partial charge in [0.25, 0.3) is 0 Å². The van der Waals surface area contributed by atoms with Crippen molar-refractivity contribution >= 4 is 11.7 Å². The summed E-state index contributed by atoms with van der Waals surface area (Å²) in [5.74, 6) is -0.949. The van der Waals surface area contributed by atoms with E-state index < -0.39 is 5.97 Å². The van der Waals surface area contributed by atoms with Crippen LogP contribution in [-0.4, -0.2) is 17.7 Å². The van der Waals surface area contributed by atoms with Crippen LogP contribution in [0.3, 0.4) is 0 Å². The quantitative estimate of drug-likeness (QED) is 0.573. The molecule has 1 aromatic carbocycles. The Kier molecular flexibility index (Phi) is 4.79. The van der Waals surface area contributed by atoms with E-state index in [1.807, 2.05) is 0 Å². The highest BCUT2D eigenvalue weighted by Crippen LogP contribution is 2.15. The van der Waals surface area contributed by atoms with Crippen LogP contribution < -0.4 is 5.73 Å². The van der Waals surface area contributed by atoms with E-state index in [1.54, 1.807) is 12.1 Å².